The van der Waals surface area contributed by atoms with Gasteiger partial charge in [-0.1, -0.05) is 12.1 Å². The first kappa shape index (κ1) is 14.8. The predicted octanol–water partition coefficient (Wildman–Crippen LogP) is 2.26. The number of para-hydroxylation sites is 1. The molecule has 8 heteroatoms. The van der Waals surface area contributed by atoms with Gasteiger partial charge in [-0.2, -0.15) is 18.2 Å². The van der Waals surface area contributed by atoms with Crippen molar-refractivity contribution in [2.45, 2.75) is 18.6 Å². The van der Waals surface area contributed by atoms with Crippen LogP contribution >= 0.6 is 0 Å². The number of hydrogen-bond acceptors (Lipinski definition) is 5. The van der Waals surface area contributed by atoms with Crippen LogP contribution in [-0.2, 0) is 0 Å². The Kier molecular flexibility index (Phi) is 3.78. The molecule has 1 atom stereocenters. The molecule has 0 spiro atoms. The fourth-order valence-corrected chi connectivity index (χ4v) is 2.70. The number of likely N-dealkylation sites (tertiary alicyclic amines) is 1. The van der Waals surface area contributed by atoms with E-state index in [0.717, 1.165) is 5.39 Å². The summed E-state index contributed by atoms with van der Waals surface area (Å²) in [6.07, 6.45) is -3.55. The van der Waals surface area contributed by atoms with Crippen LogP contribution in [0.3, 0.4) is 0 Å². The Morgan fingerprint density at radius 1 is 1.27 bits per heavy atom. The number of nitrogens with zero attached hydrogens (tertiary/aromatic N) is 3. The molecule has 0 saturated carbocycles. The molecule has 0 bridgehead atoms. The van der Waals surface area contributed by atoms with Crippen LogP contribution in [0.4, 0.5) is 24.9 Å². The van der Waals surface area contributed by atoms with Crippen LogP contribution in [0.15, 0.2) is 24.3 Å². The Labute approximate surface area is 125 Å². The highest BCUT2D eigenvalue weighted by molar-refractivity contribution is 5.88. The van der Waals surface area contributed by atoms with Crippen LogP contribution in [-0.4, -0.2) is 46.7 Å². The first-order valence-corrected chi connectivity index (χ1v) is 6.98. The van der Waals surface area contributed by atoms with E-state index in [4.69, 9.17) is 5.73 Å². The van der Waals surface area contributed by atoms with Gasteiger partial charge < -0.3 is 11.1 Å². The lowest BCUT2D eigenvalue weighted by Gasteiger charge is -2.18. The lowest BCUT2D eigenvalue weighted by molar-refractivity contribution is -0.143. The molecule has 2 aromatic rings. The summed E-state index contributed by atoms with van der Waals surface area (Å²) in [5, 5.41) is 3.84. The van der Waals surface area contributed by atoms with Gasteiger partial charge in [0.2, 0.25) is 5.95 Å². The number of benzene rings is 1. The summed E-state index contributed by atoms with van der Waals surface area (Å²) in [6, 6.07) is 7.24. The van der Waals surface area contributed by atoms with Gasteiger partial charge in [0.1, 0.15) is 5.82 Å². The van der Waals surface area contributed by atoms with Crippen LogP contribution in [0, 0.1) is 0 Å². The maximum atomic E-state index is 12.4. The number of rotatable bonds is 3. The fraction of sp³-hybridized carbons (Fsp3) is 0.429. The van der Waals surface area contributed by atoms with Crippen molar-refractivity contribution >= 4 is 22.7 Å². The van der Waals surface area contributed by atoms with Crippen molar-refractivity contribution in [3.63, 3.8) is 0 Å². The molecular formula is C14H16F3N5. The third-order valence-corrected chi connectivity index (χ3v) is 3.64. The highest BCUT2D eigenvalue weighted by Gasteiger charge is 2.34. The first-order valence-electron chi connectivity index (χ1n) is 6.98. The summed E-state index contributed by atoms with van der Waals surface area (Å²) >= 11 is 0. The number of halogens is 3. The number of nitrogens with one attached hydrogen (secondary N) is 1. The topological polar surface area (TPSA) is 67.1 Å². The second-order valence-corrected chi connectivity index (χ2v) is 5.43. The van der Waals surface area contributed by atoms with E-state index >= 15 is 0 Å². The van der Waals surface area contributed by atoms with Crippen molar-refractivity contribution in [3.05, 3.63) is 24.3 Å². The number of fused-ring (bicyclic) bond motifs is 1. The molecule has 1 aliphatic rings. The Hall–Kier alpha value is -2.09. The summed E-state index contributed by atoms with van der Waals surface area (Å²) in [7, 11) is 0. The normalized spacial score (nSPS) is 19.7. The second-order valence-electron chi connectivity index (χ2n) is 5.43. The zero-order chi connectivity index (χ0) is 15.7. The van der Waals surface area contributed by atoms with E-state index in [0.29, 0.717) is 36.8 Å². The minimum absolute atomic E-state index is 0.108. The molecule has 1 aromatic carbocycles. The summed E-state index contributed by atoms with van der Waals surface area (Å²) in [6.45, 7) is -0.165. The van der Waals surface area contributed by atoms with Crippen molar-refractivity contribution in [3.8, 4) is 0 Å². The average molecular weight is 311 g/mol. The molecule has 0 radical (unpaired) electrons. The Morgan fingerprint density at radius 3 is 2.82 bits per heavy atom. The standard InChI is InChI=1S/C14H16F3N5/c15-14(16,17)8-22-6-5-9(7-22)19-13-20-11-4-2-1-3-10(11)12(18)21-13/h1-4,9H,5-8H2,(H3,18,19,20,21)/t9-/m1/s1. The van der Waals surface area contributed by atoms with Crippen LogP contribution in [0.1, 0.15) is 6.42 Å². The van der Waals surface area contributed by atoms with Gasteiger partial charge in [-0.3, -0.25) is 4.90 Å². The monoisotopic (exact) mass is 311 g/mol. The fourth-order valence-electron chi connectivity index (χ4n) is 2.70. The summed E-state index contributed by atoms with van der Waals surface area (Å²) in [4.78, 5) is 9.91. The van der Waals surface area contributed by atoms with E-state index in [-0.39, 0.29) is 6.04 Å². The van der Waals surface area contributed by atoms with Gasteiger partial charge in [-0.15, -0.1) is 0 Å². The first-order chi connectivity index (χ1) is 10.4. The van der Waals surface area contributed by atoms with Crippen LogP contribution < -0.4 is 11.1 Å². The molecule has 2 heterocycles. The Morgan fingerprint density at radius 2 is 2.05 bits per heavy atom. The number of nitrogen functional groups attached to an aromatic ring is 1. The molecule has 5 nitrogen and oxygen atoms in total. The third-order valence-electron chi connectivity index (χ3n) is 3.64. The number of aromatic nitrogens is 2. The van der Waals surface area contributed by atoms with Gasteiger partial charge >= 0.3 is 6.18 Å². The van der Waals surface area contributed by atoms with Crippen molar-refractivity contribution in [1.82, 2.24) is 14.9 Å². The SMILES string of the molecule is Nc1nc(N[C@@H]2CCN(CC(F)(F)F)C2)nc2ccccc12. The van der Waals surface area contributed by atoms with Crippen molar-refractivity contribution in [1.29, 1.82) is 0 Å². The smallest absolute Gasteiger partial charge is 0.383 e. The summed E-state index contributed by atoms with van der Waals surface area (Å²) in [5.41, 5.74) is 6.60. The van der Waals surface area contributed by atoms with Gasteiger partial charge in [0, 0.05) is 24.5 Å². The molecule has 3 N–H and O–H groups in total. The highest BCUT2D eigenvalue weighted by Crippen LogP contribution is 2.23. The van der Waals surface area contributed by atoms with Crippen LogP contribution in [0.5, 0.6) is 0 Å². The zero-order valence-corrected chi connectivity index (χ0v) is 11.8. The average Bonchev–Trinajstić information content (AvgIpc) is 2.83. The van der Waals surface area contributed by atoms with E-state index in [1.54, 1.807) is 0 Å². The Bertz CT molecular complexity index is 673. The molecule has 1 saturated heterocycles. The van der Waals surface area contributed by atoms with E-state index < -0.39 is 12.7 Å². The van der Waals surface area contributed by atoms with Crippen molar-refractivity contribution < 1.29 is 13.2 Å². The predicted molar refractivity (Wildman–Crippen MR) is 78.5 cm³/mol. The summed E-state index contributed by atoms with van der Waals surface area (Å²) in [5.74, 6) is 0.716. The number of anilines is 2. The van der Waals surface area contributed by atoms with Gasteiger partial charge in [-0.25, -0.2) is 4.98 Å². The van der Waals surface area contributed by atoms with E-state index in [2.05, 4.69) is 15.3 Å². The second kappa shape index (κ2) is 5.60. The molecule has 0 amide bonds. The van der Waals surface area contributed by atoms with Gasteiger partial charge in [0.25, 0.3) is 0 Å². The van der Waals surface area contributed by atoms with Gasteiger partial charge in [-0.05, 0) is 18.6 Å². The number of hydrogen-bond donors (Lipinski definition) is 2. The minimum atomic E-state index is -4.17. The summed E-state index contributed by atoms with van der Waals surface area (Å²) < 4.78 is 37.2. The maximum Gasteiger partial charge on any atom is 0.401 e. The molecule has 0 aliphatic carbocycles. The Balaban J connectivity index is 1.69. The largest absolute Gasteiger partial charge is 0.401 e. The van der Waals surface area contributed by atoms with E-state index in [9.17, 15) is 13.2 Å². The van der Waals surface area contributed by atoms with E-state index in [1.165, 1.54) is 4.90 Å². The van der Waals surface area contributed by atoms with Crippen LogP contribution in [0.25, 0.3) is 10.9 Å². The highest BCUT2D eigenvalue weighted by atomic mass is 19.4. The van der Waals surface area contributed by atoms with Crippen molar-refractivity contribution in [2.24, 2.45) is 0 Å². The lowest BCUT2D eigenvalue weighted by Crippen LogP contribution is -2.34. The maximum absolute atomic E-state index is 12.4. The van der Waals surface area contributed by atoms with E-state index in [1.807, 2.05) is 24.3 Å². The van der Waals surface area contributed by atoms with Crippen LogP contribution in [0.2, 0.25) is 0 Å². The minimum Gasteiger partial charge on any atom is -0.383 e. The van der Waals surface area contributed by atoms with Gasteiger partial charge in [0.15, 0.2) is 0 Å². The molecule has 22 heavy (non-hydrogen) atoms. The molecule has 3 rings (SSSR count). The quantitative estimate of drug-likeness (QED) is 0.910. The molecule has 1 fully saturated rings. The zero-order valence-electron chi connectivity index (χ0n) is 11.8. The number of alkyl halides is 3. The van der Waals surface area contributed by atoms with Crippen molar-refractivity contribution in [2.75, 3.05) is 30.7 Å². The van der Waals surface area contributed by atoms with Gasteiger partial charge in [0.05, 0.1) is 12.1 Å². The molecular weight excluding hydrogens is 295 g/mol. The molecule has 0 unspecified atom stereocenters. The molecule has 1 aromatic heterocycles. The molecule has 118 valence electrons. The third kappa shape index (κ3) is 3.38. The molecule has 1 aliphatic heterocycles. The number of nitrogens with two attached hydrogens (primary N) is 1. The lowest BCUT2D eigenvalue weighted by atomic mass is 10.2.